The third-order valence-electron chi connectivity index (χ3n) is 4.95. The molecule has 3 nitrogen and oxygen atoms in total. The van der Waals surface area contributed by atoms with Crippen LogP contribution in [0.15, 0.2) is 0 Å². The normalized spacial score (nSPS) is 18.9. The minimum Gasteiger partial charge on any atom is -0.314 e. The Kier molecular flexibility index (Phi) is 8.08. The molecular weight excluding hydrogens is 246 g/mol. The van der Waals surface area contributed by atoms with Gasteiger partial charge in [-0.3, -0.25) is 0 Å². The summed E-state index contributed by atoms with van der Waals surface area (Å²) in [6.45, 7) is 20.2. The predicted octanol–water partition coefficient (Wildman–Crippen LogP) is 2.82. The van der Waals surface area contributed by atoms with E-state index in [1.165, 1.54) is 58.5 Å². The Morgan fingerprint density at radius 2 is 1.50 bits per heavy atom. The van der Waals surface area contributed by atoms with Crippen LogP contribution in [0.5, 0.6) is 0 Å². The summed E-state index contributed by atoms with van der Waals surface area (Å²) >= 11 is 0. The van der Waals surface area contributed by atoms with E-state index in [0.29, 0.717) is 11.5 Å². The van der Waals surface area contributed by atoms with E-state index in [1.807, 2.05) is 0 Å². The van der Waals surface area contributed by atoms with Crippen LogP contribution in [0.2, 0.25) is 0 Å². The summed E-state index contributed by atoms with van der Waals surface area (Å²) in [4.78, 5) is 5.31. The predicted molar refractivity (Wildman–Crippen MR) is 89.3 cm³/mol. The molecule has 0 radical (unpaired) electrons. The molecule has 0 unspecified atom stereocenters. The Labute approximate surface area is 127 Å². The second-order valence-corrected chi connectivity index (χ2v) is 6.86. The van der Waals surface area contributed by atoms with Crippen molar-refractivity contribution in [2.45, 2.75) is 59.9 Å². The molecule has 1 saturated heterocycles. The maximum absolute atomic E-state index is 3.67. The molecule has 0 bridgehead atoms. The van der Waals surface area contributed by atoms with Crippen LogP contribution in [-0.4, -0.2) is 61.7 Å². The van der Waals surface area contributed by atoms with E-state index in [0.717, 1.165) is 6.54 Å². The highest BCUT2D eigenvalue weighted by molar-refractivity contribution is 4.85. The van der Waals surface area contributed by atoms with Crippen molar-refractivity contribution in [2.24, 2.45) is 5.41 Å². The third kappa shape index (κ3) is 5.71. The molecule has 20 heavy (non-hydrogen) atoms. The van der Waals surface area contributed by atoms with Crippen molar-refractivity contribution < 1.29 is 0 Å². The van der Waals surface area contributed by atoms with Crippen molar-refractivity contribution in [1.82, 2.24) is 15.1 Å². The monoisotopic (exact) mass is 283 g/mol. The molecule has 0 aromatic rings. The van der Waals surface area contributed by atoms with E-state index >= 15 is 0 Å². The Bertz CT molecular complexity index is 241. The zero-order valence-corrected chi connectivity index (χ0v) is 14.5. The molecule has 1 aliphatic heterocycles. The number of piperazine rings is 1. The van der Waals surface area contributed by atoms with Crippen LogP contribution in [0.1, 0.15) is 53.9 Å². The largest absolute Gasteiger partial charge is 0.314 e. The first-order valence-corrected chi connectivity index (χ1v) is 8.73. The lowest BCUT2D eigenvalue weighted by Gasteiger charge is -2.42. The molecule has 0 aliphatic carbocycles. The van der Waals surface area contributed by atoms with E-state index in [-0.39, 0.29) is 0 Å². The molecule has 3 heteroatoms. The van der Waals surface area contributed by atoms with Crippen LogP contribution < -0.4 is 5.32 Å². The SMILES string of the molecule is CCCN1CCN(CC(CC)(CC)CNC(C)C)CC1. The summed E-state index contributed by atoms with van der Waals surface area (Å²) in [6, 6.07) is 0.592. The Hall–Kier alpha value is -0.120. The van der Waals surface area contributed by atoms with Gasteiger partial charge in [0.15, 0.2) is 0 Å². The van der Waals surface area contributed by atoms with Gasteiger partial charge in [-0.1, -0.05) is 34.6 Å². The standard InChI is InChI=1S/C17H37N3/c1-6-9-19-10-12-20(13-11-19)15-17(7-2,8-3)14-18-16(4)5/h16,18H,6-15H2,1-5H3. The molecule has 1 heterocycles. The highest BCUT2D eigenvalue weighted by Crippen LogP contribution is 2.27. The lowest BCUT2D eigenvalue weighted by atomic mass is 9.81. The van der Waals surface area contributed by atoms with Crippen molar-refractivity contribution >= 4 is 0 Å². The molecule has 0 amide bonds. The van der Waals surface area contributed by atoms with E-state index < -0.39 is 0 Å². The van der Waals surface area contributed by atoms with Gasteiger partial charge in [-0.05, 0) is 31.2 Å². The fourth-order valence-electron chi connectivity index (χ4n) is 3.16. The molecule has 0 saturated carbocycles. The van der Waals surface area contributed by atoms with Crippen LogP contribution in [0.3, 0.4) is 0 Å². The highest BCUT2D eigenvalue weighted by atomic mass is 15.3. The number of nitrogens with one attached hydrogen (secondary N) is 1. The molecule has 1 aliphatic rings. The summed E-state index contributed by atoms with van der Waals surface area (Å²) in [7, 11) is 0. The summed E-state index contributed by atoms with van der Waals surface area (Å²) in [5, 5.41) is 3.67. The van der Waals surface area contributed by atoms with E-state index in [1.54, 1.807) is 0 Å². The zero-order valence-electron chi connectivity index (χ0n) is 14.5. The number of nitrogens with zero attached hydrogens (tertiary/aromatic N) is 2. The van der Waals surface area contributed by atoms with E-state index in [4.69, 9.17) is 0 Å². The summed E-state index contributed by atoms with van der Waals surface area (Å²) in [5.74, 6) is 0. The Balaban J connectivity index is 2.46. The van der Waals surface area contributed by atoms with Gasteiger partial charge < -0.3 is 15.1 Å². The Morgan fingerprint density at radius 1 is 0.950 bits per heavy atom. The molecule has 0 aromatic carbocycles. The van der Waals surface area contributed by atoms with Gasteiger partial charge in [-0.15, -0.1) is 0 Å². The van der Waals surface area contributed by atoms with Crippen molar-refractivity contribution in [3.63, 3.8) is 0 Å². The van der Waals surface area contributed by atoms with Crippen LogP contribution >= 0.6 is 0 Å². The highest BCUT2D eigenvalue weighted by Gasteiger charge is 2.30. The quantitative estimate of drug-likeness (QED) is 0.702. The third-order valence-corrected chi connectivity index (χ3v) is 4.95. The summed E-state index contributed by atoms with van der Waals surface area (Å²) < 4.78 is 0. The zero-order chi connectivity index (χ0) is 15.0. The lowest BCUT2D eigenvalue weighted by Crippen LogP contribution is -2.52. The fourth-order valence-corrected chi connectivity index (χ4v) is 3.16. The van der Waals surface area contributed by atoms with Crippen LogP contribution in [0.25, 0.3) is 0 Å². The van der Waals surface area contributed by atoms with Gasteiger partial charge >= 0.3 is 0 Å². The van der Waals surface area contributed by atoms with Gasteiger partial charge in [0.05, 0.1) is 0 Å². The van der Waals surface area contributed by atoms with Crippen LogP contribution in [0, 0.1) is 5.41 Å². The molecule has 1 fully saturated rings. The summed E-state index contributed by atoms with van der Waals surface area (Å²) in [5.41, 5.74) is 0.456. The smallest absolute Gasteiger partial charge is 0.0110 e. The van der Waals surface area contributed by atoms with Gasteiger partial charge in [0.1, 0.15) is 0 Å². The topological polar surface area (TPSA) is 18.5 Å². The van der Waals surface area contributed by atoms with E-state index in [9.17, 15) is 0 Å². The first-order valence-electron chi connectivity index (χ1n) is 8.73. The molecule has 1 rings (SSSR count). The van der Waals surface area contributed by atoms with Gasteiger partial charge in [0.25, 0.3) is 0 Å². The molecule has 120 valence electrons. The second-order valence-electron chi connectivity index (χ2n) is 6.86. The average molecular weight is 284 g/mol. The maximum Gasteiger partial charge on any atom is 0.0110 e. The van der Waals surface area contributed by atoms with Crippen molar-refractivity contribution in [2.75, 3.05) is 45.8 Å². The molecular formula is C17H37N3. The van der Waals surface area contributed by atoms with Crippen LogP contribution in [0.4, 0.5) is 0 Å². The minimum absolute atomic E-state index is 0.456. The van der Waals surface area contributed by atoms with Gasteiger partial charge in [-0.2, -0.15) is 0 Å². The Morgan fingerprint density at radius 3 is 1.95 bits per heavy atom. The van der Waals surface area contributed by atoms with Gasteiger partial charge in [0.2, 0.25) is 0 Å². The minimum atomic E-state index is 0.456. The molecule has 0 aromatic heterocycles. The van der Waals surface area contributed by atoms with Gasteiger partial charge in [-0.25, -0.2) is 0 Å². The maximum atomic E-state index is 3.67. The lowest BCUT2D eigenvalue weighted by molar-refractivity contribution is 0.0773. The molecule has 1 N–H and O–H groups in total. The van der Waals surface area contributed by atoms with Gasteiger partial charge in [0, 0.05) is 45.3 Å². The number of hydrogen-bond donors (Lipinski definition) is 1. The fraction of sp³-hybridized carbons (Fsp3) is 1.00. The van der Waals surface area contributed by atoms with Crippen molar-refractivity contribution in [3.05, 3.63) is 0 Å². The van der Waals surface area contributed by atoms with E-state index in [2.05, 4.69) is 49.7 Å². The molecule has 0 atom stereocenters. The number of rotatable bonds is 9. The average Bonchev–Trinajstić information content (AvgIpc) is 2.46. The van der Waals surface area contributed by atoms with Crippen LogP contribution in [-0.2, 0) is 0 Å². The van der Waals surface area contributed by atoms with Crippen molar-refractivity contribution in [3.8, 4) is 0 Å². The van der Waals surface area contributed by atoms with Crippen molar-refractivity contribution in [1.29, 1.82) is 0 Å². The summed E-state index contributed by atoms with van der Waals surface area (Å²) in [6.07, 6.45) is 3.84. The molecule has 0 spiro atoms. The first-order chi connectivity index (χ1) is 9.55. The number of hydrogen-bond acceptors (Lipinski definition) is 3. The first kappa shape index (κ1) is 17.9. The second kappa shape index (κ2) is 9.01.